The Labute approximate surface area is 80.9 Å². The number of rotatable bonds is 0. The predicted octanol–water partition coefficient (Wildman–Crippen LogP) is 0.238. The molecule has 0 saturated heterocycles. The van der Waals surface area contributed by atoms with E-state index in [1.165, 1.54) is 11.3 Å². The van der Waals surface area contributed by atoms with Gasteiger partial charge in [0.05, 0.1) is 9.72 Å². The predicted molar refractivity (Wildman–Crippen MR) is 51.5 cm³/mol. The van der Waals surface area contributed by atoms with Crippen molar-refractivity contribution in [3.63, 3.8) is 0 Å². The zero-order chi connectivity index (χ0) is 9.59. The van der Waals surface area contributed by atoms with Crippen molar-refractivity contribution < 1.29 is 0 Å². The summed E-state index contributed by atoms with van der Waals surface area (Å²) in [7, 11) is 0. The largest absolute Gasteiger partial charge is 0.346 e. The van der Waals surface area contributed by atoms with Gasteiger partial charge < -0.3 is 5.84 Å². The number of hydrogen-bond donors (Lipinski definition) is 3. The molecular weight excluding hydrogens is 212 g/mol. The number of nitrogen functional groups attached to an aromatic ring is 1. The minimum atomic E-state index is -0.518. The number of H-pyrrole nitrogens is 1. The molecule has 5 nitrogen and oxygen atoms in total. The smallest absolute Gasteiger partial charge is 0.333 e. The second-order valence-electron chi connectivity index (χ2n) is 2.44. The van der Waals surface area contributed by atoms with Gasteiger partial charge in [0, 0.05) is 0 Å². The number of aromatic nitrogens is 2. The Morgan fingerprint density at radius 1 is 1.69 bits per heavy atom. The SMILES string of the molecule is N=c1c2cc(Cl)sc2[nH]c(=O)n1N. The molecule has 0 radical (unpaired) electrons. The molecule has 0 fully saturated rings. The lowest BCUT2D eigenvalue weighted by Crippen LogP contribution is -2.40. The van der Waals surface area contributed by atoms with Crippen molar-refractivity contribution in [1.82, 2.24) is 9.66 Å². The van der Waals surface area contributed by atoms with Gasteiger partial charge in [-0.05, 0) is 6.07 Å². The summed E-state index contributed by atoms with van der Waals surface area (Å²) in [5.41, 5.74) is -0.557. The number of halogens is 1. The maximum absolute atomic E-state index is 11.1. The molecule has 7 heteroatoms. The molecular formula is C6H5ClN4OS. The van der Waals surface area contributed by atoms with Gasteiger partial charge in [0.25, 0.3) is 0 Å². The molecule has 0 atom stereocenters. The van der Waals surface area contributed by atoms with Gasteiger partial charge in [-0.25, -0.2) is 4.79 Å². The number of fused-ring (bicyclic) bond motifs is 1. The van der Waals surface area contributed by atoms with Gasteiger partial charge in [-0.3, -0.25) is 10.4 Å². The second-order valence-corrected chi connectivity index (χ2v) is 4.13. The van der Waals surface area contributed by atoms with E-state index in [1.807, 2.05) is 0 Å². The van der Waals surface area contributed by atoms with Crippen LogP contribution in [0.15, 0.2) is 10.9 Å². The molecule has 2 aromatic heterocycles. The molecule has 0 aliphatic carbocycles. The summed E-state index contributed by atoms with van der Waals surface area (Å²) >= 11 is 6.93. The summed E-state index contributed by atoms with van der Waals surface area (Å²) in [6.07, 6.45) is 0. The Morgan fingerprint density at radius 2 is 2.38 bits per heavy atom. The molecule has 2 rings (SSSR count). The van der Waals surface area contributed by atoms with Gasteiger partial charge >= 0.3 is 5.69 Å². The molecule has 13 heavy (non-hydrogen) atoms. The van der Waals surface area contributed by atoms with E-state index < -0.39 is 5.69 Å². The molecule has 0 aliphatic rings. The van der Waals surface area contributed by atoms with Gasteiger partial charge in [0.1, 0.15) is 4.83 Å². The topological polar surface area (TPSA) is 87.7 Å². The van der Waals surface area contributed by atoms with E-state index in [2.05, 4.69) is 4.98 Å². The highest BCUT2D eigenvalue weighted by Gasteiger charge is 2.05. The first-order valence-corrected chi connectivity index (χ1v) is 4.53. The first kappa shape index (κ1) is 8.33. The van der Waals surface area contributed by atoms with Crippen LogP contribution in [0, 0.1) is 5.41 Å². The van der Waals surface area contributed by atoms with Crippen molar-refractivity contribution in [2.24, 2.45) is 0 Å². The number of nitrogens with one attached hydrogen (secondary N) is 2. The van der Waals surface area contributed by atoms with E-state index in [-0.39, 0.29) is 5.49 Å². The summed E-state index contributed by atoms with van der Waals surface area (Å²) in [4.78, 5) is 14.2. The van der Waals surface area contributed by atoms with E-state index in [1.54, 1.807) is 6.07 Å². The van der Waals surface area contributed by atoms with E-state index >= 15 is 0 Å². The van der Waals surface area contributed by atoms with Gasteiger partial charge in [0.15, 0.2) is 5.49 Å². The normalized spacial score (nSPS) is 10.8. The fourth-order valence-electron chi connectivity index (χ4n) is 1.02. The molecule has 0 aliphatic heterocycles. The van der Waals surface area contributed by atoms with Crippen LogP contribution in [-0.4, -0.2) is 9.66 Å². The molecule has 68 valence electrons. The van der Waals surface area contributed by atoms with Gasteiger partial charge in [-0.1, -0.05) is 11.6 Å². The summed E-state index contributed by atoms with van der Waals surface area (Å²) in [5, 5.41) is 8.06. The van der Waals surface area contributed by atoms with Crippen LogP contribution in [0.5, 0.6) is 0 Å². The Bertz CT molecular complexity index is 580. The monoisotopic (exact) mass is 216 g/mol. The molecule has 2 heterocycles. The molecule has 0 amide bonds. The molecule has 4 N–H and O–H groups in total. The molecule has 0 unspecified atom stereocenters. The van der Waals surface area contributed by atoms with E-state index in [9.17, 15) is 4.79 Å². The van der Waals surface area contributed by atoms with Crippen molar-refractivity contribution in [2.45, 2.75) is 0 Å². The first-order chi connectivity index (χ1) is 6.09. The lowest BCUT2D eigenvalue weighted by molar-refractivity contribution is 0.821. The van der Waals surface area contributed by atoms with Gasteiger partial charge in [0.2, 0.25) is 0 Å². The van der Waals surface area contributed by atoms with Crippen LogP contribution < -0.4 is 17.0 Å². The Hall–Kier alpha value is -1.27. The quantitative estimate of drug-likeness (QED) is 0.551. The van der Waals surface area contributed by atoms with Crippen molar-refractivity contribution in [3.05, 3.63) is 26.4 Å². The summed E-state index contributed by atoms with van der Waals surface area (Å²) in [6, 6.07) is 1.60. The first-order valence-electron chi connectivity index (χ1n) is 3.33. The van der Waals surface area contributed by atoms with Crippen LogP contribution in [0.1, 0.15) is 0 Å². The molecule has 0 bridgehead atoms. The van der Waals surface area contributed by atoms with Crippen molar-refractivity contribution in [3.8, 4) is 0 Å². The third-order valence-electron chi connectivity index (χ3n) is 1.64. The fraction of sp³-hybridized carbons (Fsp3) is 0. The number of nitrogens with two attached hydrogens (primary N) is 1. The average Bonchev–Trinajstić information content (AvgIpc) is 2.42. The zero-order valence-corrected chi connectivity index (χ0v) is 7.87. The van der Waals surface area contributed by atoms with Crippen LogP contribution in [0.4, 0.5) is 0 Å². The lowest BCUT2D eigenvalue weighted by atomic mass is 10.4. The number of thiophene rings is 1. The highest BCUT2D eigenvalue weighted by molar-refractivity contribution is 7.22. The minimum absolute atomic E-state index is 0.0399. The second kappa shape index (κ2) is 2.61. The van der Waals surface area contributed by atoms with E-state index in [0.29, 0.717) is 14.6 Å². The third-order valence-corrected chi connectivity index (χ3v) is 2.82. The van der Waals surface area contributed by atoms with Crippen LogP contribution >= 0.6 is 22.9 Å². The van der Waals surface area contributed by atoms with Gasteiger partial charge in [-0.2, -0.15) is 4.68 Å². The van der Waals surface area contributed by atoms with Crippen molar-refractivity contribution in [2.75, 3.05) is 5.84 Å². The summed E-state index contributed by atoms with van der Waals surface area (Å²) in [5.74, 6) is 5.30. The zero-order valence-electron chi connectivity index (χ0n) is 6.30. The van der Waals surface area contributed by atoms with Crippen LogP contribution in [0.3, 0.4) is 0 Å². The fourth-order valence-corrected chi connectivity index (χ4v) is 2.13. The van der Waals surface area contributed by atoms with Crippen molar-refractivity contribution in [1.29, 1.82) is 5.41 Å². The lowest BCUT2D eigenvalue weighted by Gasteiger charge is -1.96. The van der Waals surface area contributed by atoms with E-state index in [0.717, 1.165) is 4.68 Å². The molecule has 0 saturated carbocycles. The number of hydrogen-bond acceptors (Lipinski definition) is 4. The Kier molecular flexibility index (Phi) is 1.67. The minimum Gasteiger partial charge on any atom is -0.333 e. The Balaban J connectivity index is 3.10. The standard InChI is InChI=1S/C6H5ClN4OS/c7-3-1-2-4(8)11(9)6(12)10-5(2)13-3/h1,8H,9H2,(H,10,12). The highest BCUT2D eigenvalue weighted by atomic mass is 35.5. The van der Waals surface area contributed by atoms with E-state index in [4.69, 9.17) is 22.9 Å². The summed E-state index contributed by atoms with van der Waals surface area (Å²) < 4.78 is 1.26. The highest BCUT2D eigenvalue weighted by Crippen LogP contribution is 2.24. The van der Waals surface area contributed by atoms with Crippen molar-refractivity contribution >= 4 is 33.2 Å². The maximum atomic E-state index is 11.1. The number of nitrogens with zero attached hydrogens (tertiary/aromatic N) is 1. The molecule has 2 aromatic rings. The average molecular weight is 217 g/mol. The summed E-state index contributed by atoms with van der Waals surface area (Å²) in [6.45, 7) is 0. The van der Waals surface area contributed by atoms with Crippen LogP contribution in [-0.2, 0) is 0 Å². The maximum Gasteiger partial charge on any atom is 0.346 e. The molecule has 0 spiro atoms. The van der Waals surface area contributed by atoms with Gasteiger partial charge in [-0.15, -0.1) is 11.3 Å². The Morgan fingerprint density at radius 3 is 3.08 bits per heavy atom. The van der Waals surface area contributed by atoms with Crippen LogP contribution in [0.2, 0.25) is 4.34 Å². The number of aromatic amines is 1. The van der Waals surface area contributed by atoms with Crippen LogP contribution in [0.25, 0.3) is 10.2 Å². The molecule has 0 aromatic carbocycles. The third kappa shape index (κ3) is 1.14.